The highest BCUT2D eigenvalue weighted by Gasteiger charge is 2.37. The number of anilines is 1. The molecule has 1 fully saturated rings. The van der Waals surface area contributed by atoms with Gasteiger partial charge in [-0.15, -0.1) is 10.2 Å². The van der Waals surface area contributed by atoms with Crippen LogP contribution in [-0.4, -0.2) is 69.7 Å². The van der Waals surface area contributed by atoms with Crippen LogP contribution in [0.5, 0.6) is 11.8 Å². The molecule has 1 N–H and O–H groups in total. The van der Waals surface area contributed by atoms with E-state index in [1.165, 1.54) is 51.5 Å². The minimum absolute atomic E-state index is 0.0629. The van der Waals surface area contributed by atoms with E-state index >= 15 is 0 Å². The molecule has 13 nitrogen and oxygen atoms in total. The van der Waals surface area contributed by atoms with Crippen molar-refractivity contribution in [2.45, 2.75) is 37.0 Å². The van der Waals surface area contributed by atoms with Crippen LogP contribution < -0.4 is 14.2 Å². The zero-order chi connectivity index (χ0) is 24.5. The van der Waals surface area contributed by atoms with Gasteiger partial charge in [-0.3, -0.25) is 9.29 Å². The molecule has 1 aliphatic rings. The first-order chi connectivity index (χ1) is 16.3. The minimum atomic E-state index is -4.08. The highest BCUT2D eigenvalue weighted by Crippen LogP contribution is 2.43. The van der Waals surface area contributed by atoms with Crippen molar-refractivity contribution in [3.8, 4) is 17.4 Å². The van der Waals surface area contributed by atoms with E-state index in [0.717, 1.165) is 12.8 Å². The van der Waals surface area contributed by atoms with Gasteiger partial charge in [-0.2, -0.15) is 9.97 Å². The van der Waals surface area contributed by atoms with Crippen LogP contribution in [0.4, 0.5) is 5.95 Å². The van der Waals surface area contributed by atoms with Crippen LogP contribution in [0.25, 0.3) is 5.69 Å². The number of aromatic nitrogens is 7. The topological polar surface area (TPSA) is 156 Å². The van der Waals surface area contributed by atoms with Crippen LogP contribution in [-0.2, 0) is 14.8 Å². The second kappa shape index (κ2) is 9.64. The molecule has 2 unspecified atom stereocenters. The lowest BCUT2D eigenvalue weighted by Gasteiger charge is -2.22. The van der Waals surface area contributed by atoms with E-state index in [4.69, 9.17) is 25.8 Å². The summed E-state index contributed by atoms with van der Waals surface area (Å²) in [4.78, 5) is 16.4. The largest absolute Gasteiger partial charge is 0.479 e. The molecule has 0 bridgehead atoms. The number of rotatable bonds is 10. The first kappa shape index (κ1) is 24.0. The van der Waals surface area contributed by atoms with Gasteiger partial charge in [0.05, 0.1) is 19.2 Å². The lowest BCUT2D eigenvalue weighted by atomic mass is 10.2. The fourth-order valence-corrected chi connectivity index (χ4v) is 4.61. The molecule has 182 valence electrons. The quantitative estimate of drug-likeness (QED) is 0.424. The molecule has 2 atom stereocenters. The SMILES string of the molecule is COc1ncnc(OC)c1-n1c(NS(=O)(=O)C(C)C(OC)c2ncc(Cl)cn2)nnc1C1CC1. The maximum Gasteiger partial charge on any atom is 0.245 e. The zero-order valence-electron chi connectivity index (χ0n) is 18.8. The Labute approximate surface area is 200 Å². The van der Waals surface area contributed by atoms with Crippen molar-refractivity contribution in [1.29, 1.82) is 0 Å². The highest BCUT2D eigenvalue weighted by molar-refractivity contribution is 7.93. The van der Waals surface area contributed by atoms with Crippen LogP contribution in [0.15, 0.2) is 18.7 Å². The molecular weight excluding hydrogens is 488 g/mol. The third-order valence-electron chi connectivity index (χ3n) is 5.29. The average Bonchev–Trinajstić information content (AvgIpc) is 3.60. The smallest absolute Gasteiger partial charge is 0.245 e. The fraction of sp³-hybridized carbons (Fsp3) is 0.474. The summed E-state index contributed by atoms with van der Waals surface area (Å²) in [5, 5.41) is 7.55. The zero-order valence-corrected chi connectivity index (χ0v) is 20.4. The van der Waals surface area contributed by atoms with E-state index in [-0.39, 0.29) is 35.1 Å². The van der Waals surface area contributed by atoms with Crippen molar-refractivity contribution in [2.24, 2.45) is 0 Å². The Hall–Kier alpha value is -3.10. The first-order valence-electron chi connectivity index (χ1n) is 10.2. The molecule has 1 aliphatic carbocycles. The van der Waals surface area contributed by atoms with Crippen LogP contribution in [0.1, 0.15) is 43.4 Å². The molecule has 3 aromatic heterocycles. The van der Waals surface area contributed by atoms with Gasteiger partial charge >= 0.3 is 0 Å². The van der Waals surface area contributed by atoms with Gasteiger partial charge in [-0.1, -0.05) is 11.6 Å². The summed E-state index contributed by atoms with van der Waals surface area (Å²) < 4.78 is 47.0. The number of methoxy groups -OCH3 is 3. The maximum atomic E-state index is 13.4. The predicted molar refractivity (Wildman–Crippen MR) is 121 cm³/mol. The molecule has 0 spiro atoms. The molecule has 0 saturated heterocycles. The number of halogens is 1. The Balaban J connectivity index is 1.74. The van der Waals surface area contributed by atoms with Gasteiger partial charge in [0.15, 0.2) is 11.5 Å². The fourth-order valence-electron chi connectivity index (χ4n) is 3.39. The second-order valence-corrected chi connectivity index (χ2v) is 9.97. The van der Waals surface area contributed by atoms with Gasteiger partial charge in [0, 0.05) is 25.4 Å². The summed E-state index contributed by atoms with van der Waals surface area (Å²) in [5.41, 5.74) is 0.286. The molecule has 0 amide bonds. The number of hydrogen-bond donors (Lipinski definition) is 1. The molecular formula is C19H23ClN8O5S. The standard InChI is InChI=1S/C19H23ClN8O5S/c1-10(14(31-2)15-21-7-12(20)8-22-15)34(29,30)27-19-26-25-16(11-5-6-11)28(19)13-17(32-3)23-9-24-18(13)33-4/h7-11,14H,5-6H2,1-4H3,(H,26,27). The number of nitrogens with one attached hydrogen (secondary N) is 1. The Morgan fingerprint density at radius 3 is 2.21 bits per heavy atom. The third-order valence-corrected chi connectivity index (χ3v) is 7.18. The molecule has 4 rings (SSSR count). The number of hydrogen-bond acceptors (Lipinski definition) is 11. The summed E-state index contributed by atoms with van der Waals surface area (Å²) in [6, 6.07) is 0. The van der Waals surface area contributed by atoms with Gasteiger partial charge in [-0.05, 0) is 19.8 Å². The van der Waals surface area contributed by atoms with E-state index in [2.05, 4.69) is 34.9 Å². The molecule has 3 aromatic rings. The Kier molecular flexibility index (Phi) is 6.81. The molecule has 0 radical (unpaired) electrons. The predicted octanol–water partition coefficient (Wildman–Crippen LogP) is 1.91. The van der Waals surface area contributed by atoms with Crippen LogP contribution in [0, 0.1) is 0 Å². The molecule has 0 aliphatic heterocycles. The number of ether oxygens (including phenoxy) is 3. The molecule has 0 aromatic carbocycles. The van der Waals surface area contributed by atoms with Gasteiger partial charge in [0.25, 0.3) is 0 Å². The van der Waals surface area contributed by atoms with Crippen molar-refractivity contribution < 1.29 is 22.6 Å². The van der Waals surface area contributed by atoms with E-state index in [9.17, 15) is 8.42 Å². The number of sulfonamides is 1. The maximum absolute atomic E-state index is 13.4. The second-order valence-electron chi connectivity index (χ2n) is 7.50. The van der Waals surface area contributed by atoms with Crippen LogP contribution in [0.2, 0.25) is 5.02 Å². The normalized spacial score (nSPS) is 15.6. The van der Waals surface area contributed by atoms with Crippen molar-refractivity contribution in [3.63, 3.8) is 0 Å². The summed E-state index contributed by atoms with van der Waals surface area (Å²) in [6.45, 7) is 1.48. The van der Waals surface area contributed by atoms with Gasteiger partial charge in [0.2, 0.25) is 27.7 Å². The molecule has 3 heterocycles. The molecule has 1 saturated carbocycles. The minimum Gasteiger partial charge on any atom is -0.479 e. The first-order valence-corrected chi connectivity index (χ1v) is 12.1. The van der Waals surface area contributed by atoms with Crippen molar-refractivity contribution in [2.75, 3.05) is 26.1 Å². The van der Waals surface area contributed by atoms with E-state index in [1.807, 2.05) is 0 Å². The van der Waals surface area contributed by atoms with Crippen LogP contribution >= 0.6 is 11.6 Å². The molecule has 15 heteroatoms. The lowest BCUT2D eigenvalue weighted by Crippen LogP contribution is -2.33. The highest BCUT2D eigenvalue weighted by atomic mass is 35.5. The Bertz CT molecular complexity index is 1240. The van der Waals surface area contributed by atoms with Crippen molar-refractivity contribution in [1.82, 2.24) is 34.7 Å². The average molecular weight is 511 g/mol. The Morgan fingerprint density at radius 2 is 1.68 bits per heavy atom. The summed E-state index contributed by atoms with van der Waals surface area (Å²) >= 11 is 5.85. The monoisotopic (exact) mass is 510 g/mol. The summed E-state index contributed by atoms with van der Waals surface area (Å²) in [6.07, 6.45) is 4.82. The van der Waals surface area contributed by atoms with Crippen molar-refractivity contribution in [3.05, 3.63) is 35.4 Å². The number of nitrogens with zero attached hydrogens (tertiary/aromatic N) is 7. The van der Waals surface area contributed by atoms with Gasteiger partial charge in [0.1, 0.15) is 23.5 Å². The van der Waals surface area contributed by atoms with E-state index in [0.29, 0.717) is 10.8 Å². The molecule has 34 heavy (non-hydrogen) atoms. The lowest BCUT2D eigenvalue weighted by molar-refractivity contribution is 0.0950. The van der Waals surface area contributed by atoms with Crippen molar-refractivity contribution >= 4 is 27.6 Å². The van der Waals surface area contributed by atoms with Gasteiger partial charge in [-0.25, -0.2) is 18.4 Å². The third kappa shape index (κ3) is 4.60. The van der Waals surface area contributed by atoms with Gasteiger partial charge < -0.3 is 14.2 Å². The Morgan fingerprint density at radius 1 is 1.06 bits per heavy atom. The van der Waals surface area contributed by atoms with Crippen LogP contribution in [0.3, 0.4) is 0 Å². The summed E-state index contributed by atoms with van der Waals surface area (Å²) in [5.74, 6) is 1.10. The van der Waals surface area contributed by atoms with E-state index in [1.54, 1.807) is 0 Å². The van der Waals surface area contributed by atoms with E-state index < -0.39 is 21.4 Å². The summed E-state index contributed by atoms with van der Waals surface area (Å²) in [7, 11) is 0.172.